The van der Waals surface area contributed by atoms with Gasteiger partial charge < -0.3 is 26.0 Å². The van der Waals surface area contributed by atoms with Crippen LogP contribution in [0.5, 0.6) is 0 Å². The van der Waals surface area contributed by atoms with Crippen molar-refractivity contribution in [1.82, 2.24) is 20.9 Å². The van der Waals surface area contributed by atoms with Crippen molar-refractivity contribution in [2.75, 3.05) is 19.8 Å². The molecule has 0 unspecified atom stereocenters. The first-order chi connectivity index (χ1) is 19.5. The molecule has 0 spiro atoms. The minimum absolute atomic E-state index is 0.0381. The summed E-state index contributed by atoms with van der Waals surface area (Å²) in [6.45, 7) is 14.5. The van der Waals surface area contributed by atoms with E-state index in [0.29, 0.717) is 0 Å². The Morgan fingerprint density at radius 2 is 1.51 bits per heavy atom. The first-order valence-electron chi connectivity index (χ1n) is 14.0. The summed E-state index contributed by atoms with van der Waals surface area (Å²) in [5, 5.41) is 17.4. The quantitative estimate of drug-likeness (QED) is 0.153. The van der Waals surface area contributed by atoms with Crippen LogP contribution in [-0.2, 0) is 34.7 Å². The minimum atomic E-state index is -4.67. The number of nitrogens with zero attached hydrogens (tertiary/aromatic N) is 1. The Morgan fingerprint density at radius 1 is 0.977 bits per heavy atom. The molecule has 0 aliphatic carbocycles. The normalized spacial score (nSPS) is 15.7. The summed E-state index contributed by atoms with van der Waals surface area (Å²) in [6, 6.07) is 5.44. The summed E-state index contributed by atoms with van der Waals surface area (Å²) in [4.78, 5) is 53.3. The zero-order chi connectivity index (χ0) is 33.5. The van der Waals surface area contributed by atoms with Crippen LogP contribution in [0.3, 0.4) is 0 Å². The molecule has 0 bridgehead atoms. The minimum Gasteiger partial charge on any atom is -0.480 e. The van der Waals surface area contributed by atoms with Gasteiger partial charge in [-0.05, 0) is 30.9 Å². The van der Waals surface area contributed by atoms with Crippen LogP contribution in [-0.4, -0.2) is 90.7 Å². The van der Waals surface area contributed by atoms with Gasteiger partial charge in [0.1, 0.15) is 17.8 Å². The number of likely N-dealkylation sites (N-methyl/N-ethyl adjacent to an activating group) is 2. The Balaban J connectivity index is 3.31. The fourth-order valence-electron chi connectivity index (χ4n) is 4.82. The first kappa shape index (κ1) is 37.7. The van der Waals surface area contributed by atoms with Crippen LogP contribution in [0.1, 0.15) is 61.0 Å². The molecule has 0 heterocycles. The van der Waals surface area contributed by atoms with Gasteiger partial charge in [-0.15, -0.1) is 0 Å². The van der Waals surface area contributed by atoms with Crippen molar-refractivity contribution in [3.05, 3.63) is 47.5 Å². The third-order valence-electron chi connectivity index (χ3n) is 7.43. The molecule has 0 aromatic heterocycles. The zero-order valence-corrected chi connectivity index (χ0v) is 27.6. The fraction of sp³-hybridized carbons (Fsp3) is 0.600. The molecule has 1 aromatic rings. The topological polar surface area (TPSA) is 182 Å². The molecule has 5 N–H and O–H groups in total. The molecule has 13 heteroatoms. The number of carbonyl (C=O) groups excluding carboxylic acids is 3. The molecule has 0 fully saturated rings. The van der Waals surface area contributed by atoms with Crippen molar-refractivity contribution in [3.8, 4) is 0 Å². The van der Waals surface area contributed by atoms with E-state index in [-0.39, 0.29) is 17.4 Å². The van der Waals surface area contributed by atoms with Crippen LogP contribution in [0, 0.1) is 11.3 Å². The van der Waals surface area contributed by atoms with E-state index in [9.17, 15) is 32.7 Å². The lowest BCUT2D eigenvalue weighted by Gasteiger charge is -2.40. The second-order valence-electron chi connectivity index (χ2n) is 12.8. The van der Waals surface area contributed by atoms with Gasteiger partial charge in [0.15, 0.2) is 0 Å². The van der Waals surface area contributed by atoms with Gasteiger partial charge in [-0.25, -0.2) is 4.79 Å². The summed E-state index contributed by atoms with van der Waals surface area (Å²) in [5.41, 5.74) is -0.330. The van der Waals surface area contributed by atoms with E-state index in [4.69, 9.17) is 4.55 Å². The number of nitrogens with one attached hydrogen (secondary N) is 3. The van der Waals surface area contributed by atoms with Gasteiger partial charge in [0.2, 0.25) is 17.7 Å². The van der Waals surface area contributed by atoms with Gasteiger partial charge in [-0.3, -0.25) is 18.9 Å². The van der Waals surface area contributed by atoms with Crippen LogP contribution < -0.4 is 16.0 Å². The zero-order valence-electron chi connectivity index (χ0n) is 26.8. The van der Waals surface area contributed by atoms with E-state index < -0.39 is 68.7 Å². The smallest absolute Gasteiger partial charge is 0.327 e. The molecule has 0 radical (unpaired) electrons. The van der Waals surface area contributed by atoms with E-state index >= 15 is 0 Å². The number of rotatable bonds is 14. The summed E-state index contributed by atoms with van der Waals surface area (Å²) in [5.74, 6) is -4.67. The maximum atomic E-state index is 14.0. The monoisotopic (exact) mass is 624 g/mol. The Morgan fingerprint density at radius 3 is 1.93 bits per heavy atom. The highest BCUT2D eigenvalue weighted by Crippen LogP contribution is 2.29. The Kier molecular flexibility index (Phi) is 13.1. The molecule has 12 nitrogen and oxygen atoms in total. The molecule has 0 saturated carbocycles. The van der Waals surface area contributed by atoms with Crippen LogP contribution in [0.2, 0.25) is 0 Å². The predicted molar refractivity (Wildman–Crippen MR) is 165 cm³/mol. The lowest BCUT2D eigenvalue weighted by molar-refractivity contribution is -0.140. The van der Waals surface area contributed by atoms with Crippen molar-refractivity contribution in [3.63, 3.8) is 0 Å². The highest BCUT2D eigenvalue weighted by Gasteiger charge is 2.41. The number of carboxylic acids is 1. The summed E-state index contributed by atoms with van der Waals surface area (Å²) in [7, 11) is -1.43. The Labute approximate surface area is 255 Å². The van der Waals surface area contributed by atoms with Crippen LogP contribution in [0.15, 0.2) is 42.0 Å². The Hall–Kier alpha value is -3.29. The van der Waals surface area contributed by atoms with Gasteiger partial charge in [0.25, 0.3) is 10.1 Å². The largest absolute Gasteiger partial charge is 0.480 e. The maximum absolute atomic E-state index is 14.0. The SMILES string of the molecule is CN[C@H](C(=O)N[C@H](C(=O)N(C)[C@H](/C=C(\C)C(=O)N[C@@H](CS(=O)(=O)O)C(=O)O)C(C)C)C(C)(C)C)C(C)(C)c1ccccc1. The van der Waals surface area contributed by atoms with E-state index in [0.717, 1.165) is 5.56 Å². The molecule has 0 saturated heterocycles. The van der Waals surface area contributed by atoms with Crippen LogP contribution in [0.25, 0.3) is 0 Å². The number of carbonyl (C=O) groups is 4. The standard InChI is InChI=1S/C30H48N4O8S/c1-18(2)22(16-19(3)25(35)32-21(28(38)39)17-43(40,41)42)34(10)27(37)24(29(4,5)6)33-26(36)23(31-9)30(7,8)20-14-12-11-13-15-20/h11-16,18,21-24,31H,17H2,1-10H3,(H,32,35)(H,33,36)(H,38,39)(H,40,41,42)/b19-16+/t21-,22+,23+,24+/m0/s1. The molecule has 242 valence electrons. The van der Waals surface area contributed by atoms with Gasteiger partial charge in [-0.1, -0.05) is 84.9 Å². The number of hydrogen-bond acceptors (Lipinski definition) is 7. The van der Waals surface area contributed by atoms with Crippen LogP contribution >= 0.6 is 0 Å². The lowest BCUT2D eigenvalue weighted by Crippen LogP contribution is -2.61. The van der Waals surface area contributed by atoms with Crippen molar-refractivity contribution in [2.24, 2.45) is 11.3 Å². The molecular weight excluding hydrogens is 576 g/mol. The molecule has 3 amide bonds. The number of hydrogen-bond donors (Lipinski definition) is 5. The molecule has 1 rings (SSSR count). The third-order valence-corrected chi connectivity index (χ3v) is 8.18. The summed E-state index contributed by atoms with van der Waals surface area (Å²) in [6.07, 6.45) is 1.49. The number of carboxylic acid groups (broad SMARTS) is 1. The maximum Gasteiger partial charge on any atom is 0.327 e. The lowest BCUT2D eigenvalue weighted by atomic mass is 9.76. The molecule has 0 aliphatic rings. The molecule has 1 aromatic carbocycles. The average Bonchev–Trinajstić information content (AvgIpc) is 2.88. The molecule has 43 heavy (non-hydrogen) atoms. The van der Waals surface area contributed by atoms with E-state index in [1.54, 1.807) is 14.1 Å². The number of benzene rings is 1. The number of amides is 3. The Bertz CT molecular complexity index is 1290. The predicted octanol–water partition coefficient (Wildman–Crippen LogP) is 1.97. The fourth-order valence-corrected chi connectivity index (χ4v) is 5.47. The van der Waals surface area contributed by atoms with Gasteiger partial charge in [-0.2, -0.15) is 8.42 Å². The van der Waals surface area contributed by atoms with Crippen molar-refractivity contribution < 1.29 is 37.3 Å². The summed E-state index contributed by atoms with van der Waals surface area (Å²) < 4.78 is 31.4. The van der Waals surface area contributed by atoms with E-state index in [1.165, 1.54) is 17.9 Å². The van der Waals surface area contributed by atoms with Crippen LogP contribution in [0.4, 0.5) is 0 Å². The van der Waals surface area contributed by atoms with E-state index in [2.05, 4.69) is 16.0 Å². The van der Waals surface area contributed by atoms with Crippen molar-refractivity contribution >= 4 is 33.8 Å². The number of aliphatic carboxylic acids is 1. The third kappa shape index (κ3) is 10.7. The second kappa shape index (κ2) is 14.9. The summed E-state index contributed by atoms with van der Waals surface area (Å²) >= 11 is 0. The van der Waals surface area contributed by atoms with Gasteiger partial charge in [0, 0.05) is 18.0 Å². The van der Waals surface area contributed by atoms with Gasteiger partial charge in [0.05, 0.1) is 12.1 Å². The highest BCUT2D eigenvalue weighted by atomic mass is 32.2. The van der Waals surface area contributed by atoms with E-state index in [1.807, 2.05) is 78.8 Å². The van der Waals surface area contributed by atoms with Gasteiger partial charge >= 0.3 is 5.97 Å². The average molecular weight is 625 g/mol. The van der Waals surface area contributed by atoms with Crippen molar-refractivity contribution in [1.29, 1.82) is 0 Å². The first-order valence-corrected chi connectivity index (χ1v) is 15.6. The molecular formula is C30H48N4O8S. The second-order valence-corrected chi connectivity index (χ2v) is 14.3. The molecule has 4 atom stereocenters. The van der Waals surface area contributed by atoms with Crippen molar-refractivity contribution in [2.45, 2.75) is 85.0 Å². The highest BCUT2D eigenvalue weighted by molar-refractivity contribution is 7.85. The molecule has 0 aliphatic heterocycles.